The van der Waals surface area contributed by atoms with Crippen LogP contribution in [0.2, 0.25) is 0 Å². The van der Waals surface area contributed by atoms with Crippen LogP contribution in [0.3, 0.4) is 0 Å². The number of ether oxygens (including phenoxy) is 1. The van der Waals surface area contributed by atoms with Crippen LogP contribution in [0.25, 0.3) is 22.0 Å². The fourth-order valence-electron chi connectivity index (χ4n) is 3.72. The number of fused-ring (bicyclic) bond motifs is 1. The number of amides is 1. The highest BCUT2D eigenvalue weighted by Gasteiger charge is 2.19. The van der Waals surface area contributed by atoms with E-state index < -0.39 is 5.91 Å². The van der Waals surface area contributed by atoms with Crippen LogP contribution >= 0.6 is 11.3 Å². The van der Waals surface area contributed by atoms with Crippen molar-refractivity contribution in [2.75, 3.05) is 31.2 Å². The molecule has 0 atom stereocenters. The largest absolute Gasteiger partial charge is 0.507 e. The average Bonchev–Trinajstić information content (AvgIpc) is 3.29. The summed E-state index contributed by atoms with van der Waals surface area (Å²) in [5.74, 6) is -0.563. The second-order valence-electron chi connectivity index (χ2n) is 7.59. The molecule has 0 aliphatic carbocycles. The van der Waals surface area contributed by atoms with E-state index in [-0.39, 0.29) is 11.3 Å². The van der Waals surface area contributed by atoms with Crippen LogP contribution in [-0.4, -0.2) is 48.5 Å². The number of aromatic hydroxyl groups is 1. The molecule has 33 heavy (non-hydrogen) atoms. The van der Waals surface area contributed by atoms with Gasteiger partial charge in [0.15, 0.2) is 5.13 Å². The van der Waals surface area contributed by atoms with Crippen LogP contribution in [0, 0.1) is 0 Å². The number of carbonyl (C=O) groups excluding carboxylic acids is 1. The number of nitrogens with one attached hydrogen (secondary N) is 1. The van der Waals surface area contributed by atoms with Crippen molar-refractivity contribution in [2.24, 2.45) is 5.10 Å². The molecule has 0 radical (unpaired) electrons. The van der Waals surface area contributed by atoms with Crippen molar-refractivity contribution in [3.8, 4) is 17.0 Å². The number of benzene rings is 3. The van der Waals surface area contributed by atoms with Gasteiger partial charge in [0, 0.05) is 18.7 Å². The predicted octanol–water partition coefficient (Wildman–Crippen LogP) is 4.27. The van der Waals surface area contributed by atoms with Gasteiger partial charge in [0.05, 0.1) is 35.6 Å². The molecular weight excluding hydrogens is 436 g/mol. The summed E-state index contributed by atoms with van der Waals surface area (Å²) >= 11 is 1.52. The number of morpholine rings is 1. The molecule has 166 valence electrons. The highest BCUT2D eigenvalue weighted by molar-refractivity contribution is 7.17. The maximum absolute atomic E-state index is 12.7. The zero-order chi connectivity index (χ0) is 22.6. The Morgan fingerprint density at radius 3 is 2.52 bits per heavy atom. The number of hydrogen-bond acceptors (Lipinski definition) is 7. The number of phenols is 1. The zero-order valence-corrected chi connectivity index (χ0v) is 18.6. The van der Waals surface area contributed by atoms with E-state index in [2.05, 4.69) is 15.4 Å². The van der Waals surface area contributed by atoms with E-state index in [1.54, 1.807) is 18.3 Å². The first-order valence-corrected chi connectivity index (χ1v) is 11.4. The molecule has 1 aliphatic rings. The summed E-state index contributed by atoms with van der Waals surface area (Å²) in [6.45, 7) is 2.93. The summed E-state index contributed by atoms with van der Waals surface area (Å²) in [6, 6.07) is 20.7. The summed E-state index contributed by atoms with van der Waals surface area (Å²) in [6.07, 6.45) is 1.61. The number of nitrogens with zero attached hydrogens (tertiary/aromatic N) is 3. The molecule has 0 bridgehead atoms. The predicted molar refractivity (Wildman–Crippen MR) is 131 cm³/mol. The number of thiazole rings is 1. The van der Waals surface area contributed by atoms with Crippen molar-refractivity contribution in [2.45, 2.75) is 0 Å². The van der Waals surface area contributed by atoms with Gasteiger partial charge in [-0.25, -0.2) is 10.4 Å². The number of anilines is 1. The molecule has 1 aromatic heterocycles. The fraction of sp³-hybridized carbons (Fsp3) is 0.160. The molecule has 2 heterocycles. The van der Waals surface area contributed by atoms with Crippen molar-refractivity contribution in [1.29, 1.82) is 0 Å². The van der Waals surface area contributed by atoms with Crippen LogP contribution in [0.4, 0.5) is 5.13 Å². The molecule has 0 spiro atoms. The van der Waals surface area contributed by atoms with Gasteiger partial charge in [-0.3, -0.25) is 4.79 Å². The first-order valence-electron chi connectivity index (χ1n) is 10.6. The van der Waals surface area contributed by atoms with Gasteiger partial charge in [-0.2, -0.15) is 5.10 Å². The minimum Gasteiger partial charge on any atom is -0.507 e. The lowest BCUT2D eigenvalue weighted by Crippen LogP contribution is -2.36. The van der Waals surface area contributed by atoms with E-state index >= 15 is 0 Å². The van der Waals surface area contributed by atoms with Gasteiger partial charge in [-0.1, -0.05) is 65.9 Å². The van der Waals surface area contributed by atoms with Gasteiger partial charge in [-0.05, 0) is 22.9 Å². The first-order chi connectivity index (χ1) is 16.2. The minimum atomic E-state index is -0.478. The molecule has 1 aliphatic heterocycles. The Bertz CT molecular complexity index is 1310. The molecule has 5 rings (SSSR count). The Hall–Kier alpha value is -3.75. The van der Waals surface area contributed by atoms with E-state index in [0.29, 0.717) is 13.2 Å². The van der Waals surface area contributed by atoms with Gasteiger partial charge >= 0.3 is 0 Å². The van der Waals surface area contributed by atoms with Gasteiger partial charge in [0.2, 0.25) is 0 Å². The maximum Gasteiger partial charge on any atom is 0.275 e. The summed E-state index contributed by atoms with van der Waals surface area (Å²) < 4.78 is 5.45. The molecule has 2 N–H and O–H groups in total. The average molecular weight is 459 g/mol. The second-order valence-corrected chi connectivity index (χ2v) is 8.60. The van der Waals surface area contributed by atoms with Gasteiger partial charge in [-0.15, -0.1) is 0 Å². The van der Waals surface area contributed by atoms with Crippen LogP contribution in [0.1, 0.15) is 15.2 Å². The lowest BCUT2D eigenvalue weighted by atomic mass is 10.1. The number of carbonyl (C=O) groups is 1. The Kier molecular flexibility index (Phi) is 6.01. The molecule has 8 heteroatoms. The van der Waals surface area contributed by atoms with Crippen LogP contribution < -0.4 is 10.3 Å². The van der Waals surface area contributed by atoms with Gasteiger partial charge in [0.1, 0.15) is 5.75 Å². The third-order valence-electron chi connectivity index (χ3n) is 5.43. The highest BCUT2D eigenvalue weighted by Crippen LogP contribution is 2.32. The highest BCUT2D eigenvalue weighted by atomic mass is 32.1. The summed E-state index contributed by atoms with van der Waals surface area (Å²) in [4.78, 5) is 20.6. The molecular formula is C25H22N4O3S. The van der Waals surface area contributed by atoms with Crippen LogP contribution in [0.15, 0.2) is 71.8 Å². The maximum atomic E-state index is 12.7. The fourth-order valence-corrected chi connectivity index (χ4v) is 4.73. The van der Waals surface area contributed by atoms with E-state index in [9.17, 15) is 9.90 Å². The molecule has 0 saturated carbocycles. The van der Waals surface area contributed by atoms with Crippen LogP contribution in [-0.2, 0) is 4.74 Å². The molecule has 1 amide bonds. The van der Waals surface area contributed by atoms with Crippen molar-refractivity contribution in [3.63, 3.8) is 0 Å². The lowest BCUT2D eigenvalue weighted by molar-refractivity contribution is 0.0952. The zero-order valence-electron chi connectivity index (χ0n) is 17.8. The quantitative estimate of drug-likeness (QED) is 0.345. The number of hydrazone groups is 1. The van der Waals surface area contributed by atoms with Gasteiger partial charge in [0.25, 0.3) is 5.91 Å². The summed E-state index contributed by atoms with van der Waals surface area (Å²) in [7, 11) is 0. The molecule has 3 aromatic carbocycles. The standard InChI is InChI=1S/C25H22N4O3S/c30-21-15-19-9-5-4-8-18(19)14-20(21)24(31)28-26-16-22-23(17-6-2-1-3-7-17)27-25(33-22)29-10-12-32-13-11-29/h1-9,14-16,30H,10-13H2,(H,28,31)/b26-16+. The Labute approximate surface area is 195 Å². The van der Waals surface area contributed by atoms with Gasteiger partial charge < -0.3 is 14.7 Å². The van der Waals surface area contributed by atoms with E-state index in [0.717, 1.165) is 45.1 Å². The SMILES string of the molecule is O=C(N/N=C/c1sc(N2CCOCC2)nc1-c1ccccc1)c1cc2ccccc2cc1O. The van der Waals surface area contributed by atoms with Crippen molar-refractivity contribution >= 4 is 39.4 Å². The monoisotopic (exact) mass is 458 g/mol. The van der Waals surface area contributed by atoms with E-state index in [4.69, 9.17) is 9.72 Å². The van der Waals surface area contributed by atoms with Crippen molar-refractivity contribution < 1.29 is 14.6 Å². The Balaban J connectivity index is 1.40. The third-order valence-corrected chi connectivity index (χ3v) is 6.48. The number of aromatic nitrogens is 1. The molecule has 1 saturated heterocycles. The topological polar surface area (TPSA) is 87.1 Å². The molecule has 1 fully saturated rings. The first kappa shape index (κ1) is 21.1. The number of rotatable bonds is 5. The smallest absolute Gasteiger partial charge is 0.275 e. The minimum absolute atomic E-state index is 0.0845. The normalized spacial score (nSPS) is 14.1. The third kappa shape index (κ3) is 4.57. The molecule has 4 aromatic rings. The van der Waals surface area contributed by atoms with E-state index in [1.165, 1.54) is 11.3 Å². The lowest BCUT2D eigenvalue weighted by Gasteiger charge is -2.26. The number of phenolic OH excluding ortho intramolecular Hbond substituents is 1. The van der Waals surface area contributed by atoms with Crippen LogP contribution in [0.5, 0.6) is 5.75 Å². The number of hydrogen-bond donors (Lipinski definition) is 2. The van der Waals surface area contributed by atoms with E-state index in [1.807, 2.05) is 54.6 Å². The van der Waals surface area contributed by atoms with Crippen molar-refractivity contribution in [1.82, 2.24) is 10.4 Å². The summed E-state index contributed by atoms with van der Waals surface area (Å²) in [5, 5.41) is 17.1. The second kappa shape index (κ2) is 9.40. The molecule has 0 unspecified atom stereocenters. The Morgan fingerprint density at radius 2 is 1.76 bits per heavy atom. The Morgan fingerprint density at radius 1 is 1.06 bits per heavy atom. The molecule has 7 nitrogen and oxygen atoms in total. The van der Waals surface area contributed by atoms with Crippen molar-refractivity contribution in [3.05, 3.63) is 77.2 Å². The summed E-state index contributed by atoms with van der Waals surface area (Å²) in [5.41, 5.74) is 4.50.